The summed E-state index contributed by atoms with van der Waals surface area (Å²) in [4.78, 5) is 21.1. The number of rotatable bonds is 8. The van der Waals surface area contributed by atoms with Crippen LogP contribution < -0.4 is 5.32 Å². The highest BCUT2D eigenvalue weighted by Crippen LogP contribution is 2.16. The number of carbonyl (C=O) groups excluding carboxylic acids is 1. The normalized spacial score (nSPS) is 10.4. The van der Waals surface area contributed by atoms with Crippen molar-refractivity contribution >= 4 is 40.8 Å². The first-order valence-electron chi connectivity index (χ1n) is 6.11. The van der Waals surface area contributed by atoms with Crippen molar-refractivity contribution in [3.63, 3.8) is 0 Å². The van der Waals surface area contributed by atoms with E-state index in [0.29, 0.717) is 17.5 Å². The lowest BCUT2D eigenvalue weighted by Gasteiger charge is -2.04. The highest BCUT2D eigenvalue weighted by Gasteiger charge is 2.03. The van der Waals surface area contributed by atoms with Crippen LogP contribution in [0, 0.1) is 0 Å². The first kappa shape index (κ1) is 15.3. The summed E-state index contributed by atoms with van der Waals surface area (Å²) < 4.78 is 0. The third-order valence-electron chi connectivity index (χ3n) is 2.27. The molecule has 4 nitrogen and oxygen atoms in total. The van der Waals surface area contributed by atoms with Gasteiger partial charge in [-0.1, -0.05) is 17.8 Å². The molecule has 2 aromatic rings. The average molecular weight is 325 g/mol. The Balaban J connectivity index is 1.52. The van der Waals surface area contributed by atoms with Gasteiger partial charge in [0.05, 0.1) is 5.75 Å². The maximum atomic E-state index is 11.6. The number of hydrogen-bond acceptors (Lipinski definition) is 6. The fraction of sp³-hybridized carbons (Fsp3) is 0.308. The summed E-state index contributed by atoms with van der Waals surface area (Å²) in [5.41, 5.74) is 0. The summed E-state index contributed by atoms with van der Waals surface area (Å²) in [6.07, 6.45) is 3.35. The second kappa shape index (κ2) is 8.99. The Morgan fingerprint density at radius 3 is 2.90 bits per heavy atom. The molecule has 0 radical (unpaired) electrons. The van der Waals surface area contributed by atoms with E-state index < -0.39 is 0 Å². The van der Waals surface area contributed by atoms with E-state index in [2.05, 4.69) is 32.8 Å². The van der Waals surface area contributed by atoms with Gasteiger partial charge in [-0.3, -0.25) is 4.79 Å². The lowest BCUT2D eigenvalue weighted by molar-refractivity contribution is -0.118. The predicted molar refractivity (Wildman–Crippen MR) is 86.2 cm³/mol. The van der Waals surface area contributed by atoms with Gasteiger partial charge < -0.3 is 5.32 Å². The lowest BCUT2D eigenvalue weighted by atomic mass is 10.5. The van der Waals surface area contributed by atoms with Gasteiger partial charge in [0.25, 0.3) is 0 Å². The van der Waals surface area contributed by atoms with Gasteiger partial charge in [-0.15, -0.1) is 11.3 Å². The Hall–Kier alpha value is -1.05. The maximum Gasteiger partial charge on any atom is 0.230 e. The molecule has 0 bridgehead atoms. The van der Waals surface area contributed by atoms with Gasteiger partial charge in [-0.05, 0) is 17.5 Å². The Kier molecular flexibility index (Phi) is 6.90. The summed E-state index contributed by atoms with van der Waals surface area (Å²) in [5, 5.41) is 5.62. The molecule has 0 saturated carbocycles. The van der Waals surface area contributed by atoms with Gasteiger partial charge in [-0.2, -0.15) is 11.8 Å². The van der Waals surface area contributed by atoms with E-state index in [-0.39, 0.29) is 5.91 Å². The van der Waals surface area contributed by atoms with Gasteiger partial charge in [-0.25, -0.2) is 9.97 Å². The second-order valence-corrected chi connectivity index (χ2v) is 6.88. The molecule has 1 N–H and O–H groups in total. The molecule has 0 atom stereocenters. The minimum Gasteiger partial charge on any atom is -0.355 e. The minimum absolute atomic E-state index is 0.0270. The topological polar surface area (TPSA) is 54.9 Å². The second-order valence-electron chi connectivity index (χ2n) is 3.80. The number of nitrogens with zero attached hydrogens (tertiary/aromatic N) is 2. The lowest BCUT2D eigenvalue weighted by Crippen LogP contribution is -2.27. The standard InChI is InChI=1S/C13H15N3OS3/c17-12(10-20-13-15-4-2-5-16-13)14-6-8-18-9-11-3-1-7-19-11/h1-5,7H,6,8-10H2,(H,14,17). The summed E-state index contributed by atoms with van der Waals surface area (Å²) in [5.74, 6) is 2.33. The molecule has 7 heteroatoms. The number of nitrogens with one attached hydrogen (secondary N) is 1. The van der Waals surface area contributed by atoms with Gasteiger partial charge in [0.2, 0.25) is 5.91 Å². The van der Waals surface area contributed by atoms with Gasteiger partial charge in [0, 0.05) is 35.3 Å². The Bertz CT molecular complexity index is 505. The zero-order valence-electron chi connectivity index (χ0n) is 10.8. The third kappa shape index (κ3) is 5.94. The average Bonchev–Trinajstić information content (AvgIpc) is 2.99. The van der Waals surface area contributed by atoms with Crippen molar-refractivity contribution in [2.75, 3.05) is 18.1 Å². The number of hydrogen-bond donors (Lipinski definition) is 1. The molecule has 0 aromatic carbocycles. The molecule has 0 aliphatic heterocycles. The largest absolute Gasteiger partial charge is 0.355 e. The quantitative estimate of drug-likeness (QED) is 0.459. The van der Waals surface area contributed by atoms with E-state index in [0.717, 1.165) is 11.5 Å². The first-order valence-corrected chi connectivity index (χ1v) is 9.13. The summed E-state index contributed by atoms with van der Waals surface area (Å²) >= 11 is 4.95. The van der Waals surface area contributed by atoms with Crippen molar-refractivity contribution in [1.29, 1.82) is 0 Å². The van der Waals surface area contributed by atoms with E-state index in [1.54, 1.807) is 29.8 Å². The van der Waals surface area contributed by atoms with E-state index in [1.165, 1.54) is 16.6 Å². The highest BCUT2D eigenvalue weighted by molar-refractivity contribution is 7.99. The molecule has 0 spiro atoms. The van der Waals surface area contributed by atoms with Crippen LogP contribution in [0.15, 0.2) is 41.1 Å². The molecule has 0 fully saturated rings. The number of thioether (sulfide) groups is 2. The third-order valence-corrected chi connectivity index (χ3v) is 5.21. The van der Waals surface area contributed by atoms with Crippen LogP contribution in [0.3, 0.4) is 0 Å². The van der Waals surface area contributed by atoms with E-state index in [1.807, 2.05) is 11.8 Å². The van der Waals surface area contributed by atoms with E-state index in [9.17, 15) is 4.79 Å². The Morgan fingerprint density at radius 2 is 2.15 bits per heavy atom. The van der Waals surface area contributed by atoms with Crippen LogP contribution in [-0.2, 0) is 10.5 Å². The van der Waals surface area contributed by atoms with Gasteiger partial charge in [0.15, 0.2) is 5.16 Å². The van der Waals surface area contributed by atoms with Crippen LogP contribution in [0.4, 0.5) is 0 Å². The summed E-state index contributed by atoms with van der Waals surface area (Å²) in [6, 6.07) is 5.95. The smallest absolute Gasteiger partial charge is 0.230 e. The number of thiophene rings is 1. The van der Waals surface area contributed by atoms with E-state index >= 15 is 0 Å². The van der Waals surface area contributed by atoms with E-state index in [4.69, 9.17) is 0 Å². The molecule has 1 amide bonds. The monoisotopic (exact) mass is 325 g/mol. The summed E-state index contributed by atoms with van der Waals surface area (Å²) in [6.45, 7) is 0.699. The van der Waals surface area contributed by atoms with Crippen molar-refractivity contribution in [2.45, 2.75) is 10.9 Å². The molecule has 0 unspecified atom stereocenters. The van der Waals surface area contributed by atoms with Gasteiger partial charge >= 0.3 is 0 Å². The van der Waals surface area contributed by atoms with Crippen molar-refractivity contribution in [3.05, 3.63) is 40.8 Å². The number of amides is 1. The fourth-order valence-electron chi connectivity index (χ4n) is 1.37. The van der Waals surface area contributed by atoms with Crippen LogP contribution in [-0.4, -0.2) is 33.9 Å². The molecular weight excluding hydrogens is 310 g/mol. The predicted octanol–water partition coefficient (Wildman–Crippen LogP) is 2.68. The molecule has 2 aromatic heterocycles. The van der Waals surface area contributed by atoms with Crippen molar-refractivity contribution in [1.82, 2.24) is 15.3 Å². The molecule has 0 aliphatic carbocycles. The van der Waals surface area contributed by atoms with Crippen molar-refractivity contribution in [2.24, 2.45) is 0 Å². The molecular formula is C13H15N3OS3. The number of aromatic nitrogens is 2. The van der Waals surface area contributed by atoms with Crippen LogP contribution in [0.5, 0.6) is 0 Å². The van der Waals surface area contributed by atoms with Crippen molar-refractivity contribution < 1.29 is 4.79 Å². The Labute approximate surface area is 130 Å². The zero-order valence-corrected chi connectivity index (χ0v) is 13.3. The number of carbonyl (C=O) groups is 1. The fourth-order valence-corrected chi connectivity index (χ4v) is 3.70. The van der Waals surface area contributed by atoms with Crippen molar-refractivity contribution in [3.8, 4) is 0 Å². The molecule has 0 aliphatic rings. The summed E-state index contributed by atoms with van der Waals surface area (Å²) in [7, 11) is 0. The maximum absolute atomic E-state index is 11.6. The first-order chi connectivity index (χ1) is 9.84. The minimum atomic E-state index is 0.0270. The molecule has 20 heavy (non-hydrogen) atoms. The molecule has 2 heterocycles. The molecule has 0 saturated heterocycles. The molecule has 106 valence electrons. The SMILES string of the molecule is O=C(CSc1ncccn1)NCCSCc1cccs1. The molecule has 2 rings (SSSR count). The van der Waals surface area contributed by atoms with Crippen LogP contribution in [0.2, 0.25) is 0 Å². The van der Waals surface area contributed by atoms with Crippen LogP contribution in [0.1, 0.15) is 4.88 Å². The van der Waals surface area contributed by atoms with Crippen LogP contribution in [0.25, 0.3) is 0 Å². The highest BCUT2D eigenvalue weighted by atomic mass is 32.2. The zero-order chi connectivity index (χ0) is 14.0. The Morgan fingerprint density at radius 1 is 1.30 bits per heavy atom. The van der Waals surface area contributed by atoms with Gasteiger partial charge in [0.1, 0.15) is 0 Å². The van der Waals surface area contributed by atoms with Crippen LogP contribution >= 0.6 is 34.9 Å².